The highest BCUT2D eigenvalue weighted by atomic mass is 35.5. The van der Waals surface area contributed by atoms with E-state index in [-0.39, 0.29) is 17.2 Å². The Morgan fingerprint density at radius 2 is 1.85 bits per heavy atom. The molecule has 0 amide bonds. The monoisotopic (exact) mass is 394 g/mol. The molecule has 0 aliphatic carbocycles. The number of sulfonamides is 1. The van der Waals surface area contributed by atoms with Crippen LogP contribution in [0.5, 0.6) is 0 Å². The van der Waals surface area contributed by atoms with Gasteiger partial charge < -0.3 is 10.1 Å². The molecule has 0 spiro atoms. The van der Waals surface area contributed by atoms with Crippen LogP contribution in [-0.4, -0.2) is 51.4 Å². The van der Waals surface area contributed by atoms with Crippen LogP contribution in [0, 0.1) is 0 Å². The molecule has 0 aromatic heterocycles. The molecule has 1 fully saturated rings. The lowest BCUT2D eigenvalue weighted by molar-refractivity contribution is 0.0730. The number of carbonyl (C=O) groups is 1. The number of morpholine rings is 1. The molecule has 1 aliphatic rings. The fourth-order valence-corrected chi connectivity index (χ4v) is 4.29. The van der Waals surface area contributed by atoms with E-state index in [4.69, 9.17) is 16.3 Å². The third-order valence-electron chi connectivity index (χ3n) is 4.04. The highest BCUT2D eigenvalue weighted by Crippen LogP contribution is 2.19. The molecule has 26 heavy (non-hydrogen) atoms. The lowest BCUT2D eigenvalue weighted by Crippen LogP contribution is -2.40. The number of rotatable bonds is 6. The summed E-state index contributed by atoms with van der Waals surface area (Å²) in [4.78, 5) is 12.6. The number of halogens is 1. The van der Waals surface area contributed by atoms with Crippen molar-refractivity contribution in [2.24, 2.45) is 0 Å². The molecule has 3 rings (SSSR count). The smallest absolute Gasteiger partial charge is 0.243 e. The van der Waals surface area contributed by atoms with Gasteiger partial charge in [-0.2, -0.15) is 4.31 Å². The van der Waals surface area contributed by atoms with Gasteiger partial charge >= 0.3 is 0 Å². The molecule has 2 aromatic carbocycles. The Bertz CT molecular complexity index is 896. The first-order valence-electron chi connectivity index (χ1n) is 8.17. The van der Waals surface area contributed by atoms with Crippen LogP contribution in [0.3, 0.4) is 0 Å². The number of hydrogen-bond donors (Lipinski definition) is 1. The van der Waals surface area contributed by atoms with E-state index in [1.54, 1.807) is 36.4 Å². The molecule has 0 bridgehead atoms. The Hall–Kier alpha value is -1.93. The third-order valence-corrected chi connectivity index (χ3v) is 6.17. The van der Waals surface area contributed by atoms with Gasteiger partial charge in [0.1, 0.15) is 0 Å². The molecule has 138 valence electrons. The Labute approximate surface area is 157 Å². The normalized spacial score (nSPS) is 15.6. The molecule has 0 saturated carbocycles. The van der Waals surface area contributed by atoms with Crippen LogP contribution in [0.1, 0.15) is 10.4 Å². The number of benzene rings is 2. The van der Waals surface area contributed by atoms with Gasteiger partial charge in [-0.3, -0.25) is 4.79 Å². The molecule has 1 N–H and O–H groups in total. The van der Waals surface area contributed by atoms with Crippen molar-refractivity contribution in [1.82, 2.24) is 4.31 Å². The van der Waals surface area contributed by atoms with Gasteiger partial charge in [-0.05, 0) is 30.3 Å². The van der Waals surface area contributed by atoms with Crippen molar-refractivity contribution < 1.29 is 17.9 Å². The fraction of sp³-hybridized carbons (Fsp3) is 0.278. The second kappa shape index (κ2) is 8.18. The summed E-state index contributed by atoms with van der Waals surface area (Å²) in [5.41, 5.74) is 1.07. The summed E-state index contributed by atoms with van der Waals surface area (Å²) in [6.07, 6.45) is 0. The van der Waals surface area contributed by atoms with E-state index in [0.717, 1.165) is 5.69 Å². The Kier molecular flexibility index (Phi) is 5.93. The van der Waals surface area contributed by atoms with E-state index in [1.165, 1.54) is 16.4 Å². The maximum Gasteiger partial charge on any atom is 0.243 e. The number of ketones is 1. The topological polar surface area (TPSA) is 75.7 Å². The van der Waals surface area contributed by atoms with Gasteiger partial charge in [0.15, 0.2) is 5.78 Å². The zero-order chi connectivity index (χ0) is 18.6. The van der Waals surface area contributed by atoms with Gasteiger partial charge in [0.2, 0.25) is 10.0 Å². The van der Waals surface area contributed by atoms with Crippen LogP contribution < -0.4 is 5.32 Å². The van der Waals surface area contributed by atoms with Gasteiger partial charge in [0.05, 0.1) is 24.7 Å². The molecule has 6 nitrogen and oxygen atoms in total. The molecule has 1 saturated heterocycles. The minimum absolute atomic E-state index is 0.0431. The van der Waals surface area contributed by atoms with Gasteiger partial charge in [-0.1, -0.05) is 29.8 Å². The molecule has 0 radical (unpaired) electrons. The van der Waals surface area contributed by atoms with E-state index in [9.17, 15) is 13.2 Å². The molecule has 0 unspecified atom stereocenters. The maximum absolute atomic E-state index is 12.7. The van der Waals surface area contributed by atoms with Crippen molar-refractivity contribution in [3.8, 4) is 0 Å². The SMILES string of the molecule is O=C(CNc1cccc(Cl)c1)c1cccc(S(=O)(=O)N2CCOCC2)c1. The Balaban J connectivity index is 1.73. The van der Waals surface area contributed by atoms with E-state index in [0.29, 0.717) is 36.9 Å². The number of Topliss-reactive ketones (excluding diaryl/α,β-unsaturated/α-hetero) is 1. The first kappa shape index (κ1) is 18.8. The Morgan fingerprint density at radius 1 is 1.12 bits per heavy atom. The van der Waals surface area contributed by atoms with Gasteiger partial charge in [0.25, 0.3) is 0 Å². The molecule has 1 aliphatic heterocycles. The van der Waals surface area contributed by atoms with Crippen molar-refractivity contribution in [1.29, 1.82) is 0 Å². The van der Waals surface area contributed by atoms with Crippen molar-refractivity contribution >= 4 is 33.1 Å². The first-order chi connectivity index (χ1) is 12.5. The van der Waals surface area contributed by atoms with E-state index in [2.05, 4.69) is 5.32 Å². The largest absolute Gasteiger partial charge is 0.379 e. The highest BCUT2D eigenvalue weighted by molar-refractivity contribution is 7.89. The maximum atomic E-state index is 12.7. The van der Waals surface area contributed by atoms with Crippen LogP contribution >= 0.6 is 11.6 Å². The fourth-order valence-electron chi connectivity index (χ4n) is 2.65. The summed E-state index contributed by atoms with van der Waals surface area (Å²) in [5, 5.41) is 3.57. The van der Waals surface area contributed by atoms with E-state index < -0.39 is 10.0 Å². The summed E-state index contributed by atoms with van der Waals surface area (Å²) in [6.45, 7) is 1.43. The number of ether oxygens (including phenoxy) is 1. The van der Waals surface area contributed by atoms with E-state index >= 15 is 0 Å². The zero-order valence-electron chi connectivity index (χ0n) is 14.0. The van der Waals surface area contributed by atoms with Gasteiger partial charge in [-0.25, -0.2) is 8.42 Å². The first-order valence-corrected chi connectivity index (χ1v) is 9.99. The van der Waals surface area contributed by atoms with Gasteiger partial charge in [-0.15, -0.1) is 0 Å². The van der Waals surface area contributed by atoms with Crippen LogP contribution in [0.4, 0.5) is 5.69 Å². The summed E-state index contributed by atoms with van der Waals surface area (Å²) < 4.78 is 32.0. The third kappa shape index (κ3) is 4.42. The average Bonchev–Trinajstić information content (AvgIpc) is 2.67. The number of anilines is 1. The lowest BCUT2D eigenvalue weighted by Gasteiger charge is -2.26. The molecule has 0 atom stereocenters. The lowest BCUT2D eigenvalue weighted by atomic mass is 10.1. The van der Waals surface area contributed by atoms with Crippen LogP contribution in [0.25, 0.3) is 0 Å². The van der Waals surface area contributed by atoms with Crippen LogP contribution in [0.15, 0.2) is 53.4 Å². The predicted octanol–water partition coefficient (Wildman–Crippen LogP) is 2.66. The number of nitrogens with one attached hydrogen (secondary N) is 1. The van der Waals surface area contributed by atoms with Gasteiger partial charge in [0, 0.05) is 29.4 Å². The Morgan fingerprint density at radius 3 is 2.58 bits per heavy atom. The van der Waals surface area contributed by atoms with Crippen LogP contribution in [-0.2, 0) is 14.8 Å². The number of nitrogens with zero attached hydrogens (tertiary/aromatic N) is 1. The summed E-state index contributed by atoms with van der Waals surface area (Å²) in [5.74, 6) is -0.205. The van der Waals surface area contributed by atoms with E-state index in [1.807, 2.05) is 0 Å². The summed E-state index contributed by atoms with van der Waals surface area (Å²) in [6, 6.07) is 13.2. The quantitative estimate of drug-likeness (QED) is 0.762. The molecular formula is C18H19ClN2O4S. The molecule has 2 aromatic rings. The standard InChI is InChI=1S/C18H19ClN2O4S/c19-15-4-2-5-16(12-15)20-13-18(22)14-3-1-6-17(11-14)26(23,24)21-7-9-25-10-8-21/h1-6,11-12,20H,7-10,13H2. The summed E-state index contributed by atoms with van der Waals surface area (Å²) >= 11 is 5.92. The average molecular weight is 395 g/mol. The second-order valence-electron chi connectivity index (χ2n) is 5.83. The summed E-state index contributed by atoms with van der Waals surface area (Å²) in [7, 11) is -3.63. The number of carbonyl (C=O) groups excluding carboxylic acids is 1. The minimum Gasteiger partial charge on any atom is -0.379 e. The van der Waals surface area contributed by atoms with Crippen molar-refractivity contribution in [2.75, 3.05) is 38.2 Å². The predicted molar refractivity (Wildman–Crippen MR) is 100 cm³/mol. The minimum atomic E-state index is -3.63. The van der Waals surface area contributed by atoms with Crippen molar-refractivity contribution in [3.05, 3.63) is 59.1 Å². The number of hydrogen-bond acceptors (Lipinski definition) is 5. The highest BCUT2D eigenvalue weighted by Gasteiger charge is 2.26. The second-order valence-corrected chi connectivity index (χ2v) is 8.21. The van der Waals surface area contributed by atoms with Crippen LogP contribution in [0.2, 0.25) is 5.02 Å². The molecular weight excluding hydrogens is 376 g/mol. The zero-order valence-corrected chi connectivity index (χ0v) is 15.6. The molecule has 1 heterocycles. The van der Waals surface area contributed by atoms with Crippen molar-refractivity contribution in [3.63, 3.8) is 0 Å². The van der Waals surface area contributed by atoms with Crippen molar-refractivity contribution in [2.45, 2.75) is 4.90 Å². The molecule has 8 heteroatoms.